The lowest BCUT2D eigenvalue weighted by Crippen LogP contribution is -2.15. The summed E-state index contributed by atoms with van der Waals surface area (Å²) >= 11 is 4.99. The molecule has 5 heteroatoms. The van der Waals surface area contributed by atoms with Gasteiger partial charge in [0.1, 0.15) is 10.7 Å². The number of hydrogen-bond donors (Lipinski definition) is 1. The minimum Gasteiger partial charge on any atom is -0.388 e. The molecule has 0 unspecified atom stereocenters. The van der Waals surface area contributed by atoms with Crippen LogP contribution in [0.1, 0.15) is 50.4 Å². The van der Waals surface area contributed by atoms with Gasteiger partial charge in [0.25, 0.3) is 0 Å². The van der Waals surface area contributed by atoms with Gasteiger partial charge in [-0.05, 0) is 18.3 Å². The van der Waals surface area contributed by atoms with Crippen molar-refractivity contribution >= 4 is 17.2 Å². The molecule has 0 aromatic carbocycles. The molecule has 0 saturated heterocycles. The van der Waals surface area contributed by atoms with Gasteiger partial charge in [0.2, 0.25) is 0 Å². The van der Waals surface area contributed by atoms with E-state index in [1.54, 1.807) is 0 Å². The van der Waals surface area contributed by atoms with E-state index in [1.807, 2.05) is 4.68 Å². The van der Waals surface area contributed by atoms with Crippen LogP contribution < -0.4 is 5.73 Å². The van der Waals surface area contributed by atoms with Crippen LogP contribution in [0.3, 0.4) is 0 Å². The first-order chi connectivity index (χ1) is 7.59. The highest BCUT2D eigenvalue weighted by Gasteiger charge is 2.23. The smallest absolute Gasteiger partial charge is 0.143 e. The molecule has 2 rings (SSSR count). The number of aryl methyl sites for hydroxylation is 1. The van der Waals surface area contributed by atoms with Gasteiger partial charge in [-0.25, -0.2) is 4.68 Å². The fourth-order valence-electron chi connectivity index (χ4n) is 1.94. The summed E-state index contributed by atoms with van der Waals surface area (Å²) in [5.74, 6) is 1.25. The minimum absolute atomic E-state index is 0.348. The maximum atomic E-state index is 5.65. The molecule has 0 aliphatic heterocycles. The Morgan fingerprint density at radius 2 is 2.25 bits per heavy atom. The van der Waals surface area contributed by atoms with Gasteiger partial charge in [0, 0.05) is 6.54 Å². The standard InChI is InChI=1S/C11H18N4S/c1-7(2)10-9(11(12)16)13-14-15(10)6-5-8-3-4-8/h7-8H,3-6H2,1-2H3,(H2,12,16). The van der Waals surface area contributed by atoms with Crippen LogP contribution in [0.2, 0.25) is 0 Å². The highest BCUT2D eigenvalue weighted by molar-refractivity contribution is 7.80. The van der Waals surface area contributed by atoms with E-state index in [2.05, 4.69) is 24.2 Å². The van der Waals surface area contributed by atoms with E-state index in [0.717, 1.165) is 18.2 Å². The number of rotatable bonds is 5. The zero-order valence-electron chi connectivity index (χ0n) is 9.81. The third-order valence-electron chi connectivity index (χ3n) is 3.00. The zero-order valence-corrected chi connectivity index (χ0v) is 10.6. The second kappa shape index (κ2) is 4.49. The Morgan fingerprint density at radius 3 is 2.75 bits per heavy atom. The lowest BCUT2D eigenvalue weighted by atomic mass is 10.1. The van der Waals surface area contributed by atoms with Crippen molar-refractivity contribution in [2.24, 2.45) is 11.7 Å². The van der Waals surface area contributed by atoms with E-state index in [0.29, 0.717) is 16.6 Å². The number of hydrogen-bond acceptors (Lipinski definition) is 3. The summed E-state index contributed by atoms with van der Waals surface area (Å²) in [6.45, 7) is 5.18. The second-order valence-corrected chi connectivity index (χ2v) is 5.24. The third kappa shape index (κ3) is 2.40. The Hall–Kier alpha value is -0.970. The minimum atomic E-state index is 0.348. The summed E-state index contributed by atoms with van der Waals surface area (Å²) in [5, 5.41) is 8.24. The average Bonchev–Trinajstić information content (AvgIpc) is 2.92. The molecule has 0 spiro atoms. The van der Waals surface area contributed by atoms with Crippen LogP contribution >= 0.6 is 12.2 Å². The van der Waals surface area contributed by atoms with Crippen LogP contribution in [-0.4, -0.2) is 20.0 Å². The van der Waals surface area contributed by atoms with Crippen molar-refractivity contribution in [1.82, 2.24) is 15.0 Å². The molecule has 4 nitrogen and oxygen atoms in total. The zero-order chi connectivity index (χ0) is 11.7. The first kappa shape index (κ1) is 11.5. The van der Waals surface area contributed by atoms with E-state index in [9.17, 15) is 0 Å². The van der Waals surface area contributed by atoms with Crippen molar-refractivity contribution in [2.45, 2.75) is 45.6 Å². The molecule has 1 fully saturated rings. The largest absolute Gasteiger partial charge is 0.388 e. The van der Waals surface area contributed by atoms with Crippen LogP contribution in [0.25, 0.3) is 0 Å². The van der Waals surface area contributed by atoms with E-state index in [1.165, 1.54) is 19.3 Å². The Morgan fingerprint density at radius 1 is 1.56 bits per heavy atom. The number of thiocarbonyl (C=S) groups is 1. The first-order valence-corrected chi connectivity index (χ1v) is 6.23. The van der Waals surface area contributed by atoms with Crippen LogP contribution in [0, 0.1) is 5.92 Å². The molecule has 1 aliphatic rings. The summed E-state index contributed by atoms with van der Waals surface area (Å²) in [6.07, 6.45) is 3.93. The summed E-state index contributed by atoms with van der Waals surface area (Å²) in [6, 6.07) is 0. The monoisotopic (exact) mass is 238 g/mol. The lowest BCUT2D eigenvalue weighted by molar-refractivity contribution is 0.504. The molecule has 88 valence electrons. The van der Waals surface area contributed by atoms with Crippen LogP contribution in [0.4, 0.5) is 0 Å². The summed E-state index contributed by atoms with van der Waals surface area (Å²) in [5.41, 5.74) is 7.42. The van der Waals surface area contributed by atoms with Gasteiger partial charge in [-0.2, -0.15) is 0 Å². The van der Waals surface area contributed by atoms with Crippen LogP contribution in [-0.2, 0) is 6.54 Å². The normalized spacial score (nSPS) is 15.7. The maximum absolute atomic E-state index is 5.65. The van der Waals surface area contributed by atoms with Gasteiger partial charge >= 0.3 is 0 Å². The predicted molar refractivity (Wildman–Crippen MR) is 67.3 cm³/mol. The maximum Gasteiger partial charge on any atom is 0.143 e. The molecule has 1 aromatic heterocycles. The molecule has 16 heavy (non-hydrogen) atoms. The molecule has 0 amide bonds. The van der Waals surface area contributed by atoms with Crippen molar-refractivity contribution in [3.63, 3.8) is 0 Å². The van der Waals surface area contributed by atoms with Crippen molar-refractivity contribution in [3.8, 4) is 0 Å². The van der Waals surface area contributed by atoms with Crippen LogP contribution in [0.15, 0.2) is 0 Å². The highest BCUT2D eigenvalue weighted by Crippen LogP contribution is 2.33. The molecule has 2 N–H and O–H groups in total. The molecule has 0 bridgehead atoms. The van der Waals surface area contributed by atoms with Gasteiger partial charge in [0.05, 0.1) is 5.69 Å². The van der Waals surface area contributed by atoms with Gasteiger partial charge in [-0.15, -0.1) is 5.10 Å². The number of nitrogens with zero attached hydrogens (tertiary/aromatic N) is 3. The molecule has 1 saturated carbocycles. The second-order valence-electron chi connectivity index (χ2n) is 4.80. The summed E-state index contributed by atoms with van der Waals surface area (Å²) in [4.78, 5) is 0.348. The van der Waals surface area contributed by atoms with Crippen molar-refractivity contribution in [3.05, 3.63) is 11.4 Å². The van der Waals surface area contributed by atoms with E-state index >= 15 is 0 Å². The Labute approximate surface area is 101 Å². The fraction of sp³-hybridized carbons (Fsp3) is 0.727. The Bertz CT molecular complexity index is 393. The molecule has 0 radical (unpaired) electrons. The molecule has 1 aromatic rings. The quantitative estimate of drug-likeness (QED) is 0.795. The van der Waals surface area contributed by atoms with Crippen LogP contribution in [0.5, 0.6) is 0 Å². The summed E-state index contributed by atoms with van der Waals surface area (Å²) < 4.78 is 1.97. The predicted octanol–water partition coefficient (Wildman–Crippen LogP) is 1.84. The molecular weight excluding hydrogens is 220 g/mol. The number of aromatic nitrogens is 3. The van der Waals surface area contributed by atoms with E-state index < -0.39 is 0 Å². The average molecular weight is 238 g/mol. The van der Waals surface area contributed by atoms with Crippen molar-refractivity contribution in [1.29, 1.82) is 0 Å². The van der Waals surface area contributed by atoms with Crippen molar-refractivity contribution < 1.29 is 0 Å². The first-order valence-electron chi connectivity index (χ1n) is 5.82. The summed E-state index contributed by atoms with van der Waals surface area (Å²) in [7, 11) is 0. The highest BCUT2D eigenvalue weighted by atomic mass is 32.1. The van der Waals surface area contributed by atoms with Crippen molar-refractivity contribution in [2.75, 3.05) is 0 Å². The Kier molecular flexibility index (Phi) is 3.23. The third-order valence-corrected chi connectivity index (χ3v) is 3.19. The van der Waals surface area contributed by atoms with Gasteiger partial charge in [-0.3, -0.25) is 0 Å². The lowest BCUT2D eigenvalue weighted by Gasteiger charge is -2.10. The van der Waals surface area contributed by atoms with Gasteiger partial charge < -0.3 is 5.73 Å². The topological polar surface area (TPSA) is 56.7 Å². The SMILES string of the molecule is CC(C)c1c(C(N)=S)nnn1CCC1CC1. The fourth-order valence-corrected chi connectivity index (χ4v) is 2.09. The van der Waals surface area contributed by atoms with E-state index in [-0.39, 0.29) is 0 Å². The molecule has 1 heterocycles. The van der Waals surface area contributed by atoms with Gasteiger partial charge in [0.15, 0.2) is 0 Å². The van der Waals surface area contributed by atoms with Gasteiger partial charge in [-0.1, -0.05) is 44.1 Å². The number of nitrogens with two attached hydrogens (primary N) is 1. The molecular formula is C11H18N4S. The molecule has 0 atom stereocenters. The van der Waals surface area contributed by atoms with E-state index in [4.69, 9.17) is 18.0 Å². The molecule has 1 aliphatic carbocycles. The Balaban J connectivity index is 2.18.